The molecule has 0 radical (unpaired) electrons. The van der Waals surface area contributed by atoms with Crippen LogP contribution in [-0.2, 0) is 9.53 Å². The smallest absolute Gasteiger partial charge is 0.222 e. The highest BCUT2D eigenvalue weighted by molar-refractivity contribution is 5.77. The van der Waals surface area contributed by atoms with Gasteiger partial charge in [-0.15, -0.1) is 0 Å². The maximum atomic E-state index is 12.3. The number of likely N-dealkylation sites (tertiary alicyclic amines) is 1. The zero-order valence-electron chi connectivity index (χ0n) is 16.2. The van der Waals surface area contributed by atoms with Crippen molar-refractivity contribution in [3.8, 4) is 0 Å². The third kappa shape index (κ3) is 2.03. The molecule has 4 aliphatic rings. The SMILES string of the molecule is COC1CC[C@H]2[C@@H]3C(C)CC4N(C)C(=O)CC[C@]4(C)[C@@H]3CC[C@]12C. The van der Waals surface area contributed by atoms with Crippen molar-refractivity contribution in [2.24, 2.45) is 34.5 Å². The van der Waals surface area contributed by atoms with E-state index in [-0.39, 0.29) is 0 Å². The van der Waals surface area contributed by atoms with Gasteiger partial charge in [-0.3, -0.25) is 4.79 Å². The molecule has 1 heterocycles. The number of nitrogens with zero attached hydrogens (tertiary/aromatic N) is 1. The van der Waals surface area contributed by atoms with Crippen LogP contribution in [0.1, 0.15) is 65.7 Å². The van der Waals surface area contributed by atoms with Gasteiger partial charge in [-0.05, 0) is 73.0 Å². The van der Waals surface area contributed by atoms with Gasteiger partial charge >= 0.3 is 0 Å². The number of ether oxygens (including phenoxy) is 1. The predicted molar refractivity (Wildman–Crippen MR) is 95.5 cm³/mol. The Bertz CT molecular complexity index is 534. The standard InChI is InChI=1S/C21H35NO2/c1-13-12-16-20(2,11-9-18(23)22(16)4)15-8-10-21(3)14(19(13)15)6-7-17(21)24-5/h13-17,19H,6-12H2,1-5H3/t13?,14-,15+,16?,17?,19-,20+,21-/m0/s1. The number of carbonyl (C=O) groups excluding carboxylic acids is 1. The van der Waals surface area contributed by atoms with Crippen LogP contribution >= 0.6 is 0 Å². The summed E-state index contributed by atoms with van der Waals surface area (Å²) in [5.74, 6) is 3.52. The van der Waals surface area contributed by atoms with Crippen LogP contribution in [0.25, 0.3) is 0 Å². The minimum Gasteiger partial charge on any atom is -0.381 e. The van der Waals surface area contributed by atoms with Crippen LogP contribution < -0.4 is 0 Å². The molecule has 1 saturated heterocycles. The third-order valence-electron chi connectivity index (χ3n) is 9.13. The summed E-state index contributed by atoms with van der Waals surface area (Å²) in [6.45, 7) is 7.48. The lowest BCUT2D eigenvalue weighted by Gasteiger charge is -2.63. The van der Waals surface area contributed by atoms with E-state index in [1.54, 1.807) is 0 Å². The lowest BCUT2D eigenvalue weighted by atomic mass is 9.45. The Morgan fingerprint density at radius 3 is 2.50 bits per heavy atom. The molecule has 0 aromatic heterocycles. The van der Waals surface area contributed by atoms with E-state index < -0.39 is 0 Å². The van der Waals surface area contributed by atoms with Crippen molar-refractivity contribution >= 4 is 5.91 Å². The minimum absolute atomic E-state index is 0.326. The molecule has 3 unspecified atom stereocenters. The number of hydrogen-bond acceptors (Lipinski definition) is 2. The second kappa shape index (κ2) is 5.46. The second-order valence-electron chi connectivity index (χ2n) is 9.88. The lowest BCUT2D eigenvalue weighted by Crippen LogP contribution is -2.63. The molecule has 0 bridgehead atoms. The summed E-state index contributed by atoms with van der Waals surface area (Å²) in [6.07, 6.45) is 8.74. The average Bonchev–Trinajstić information content (AvgIpc) is 2.90. The Morgan fingerprint density at radius 1 is 1.08 bits per heavy atom. The van der Waals surface area contributed by atoms with Gasteiger partial charge in [0.2, 0.25) is 5.91 Å². The number of amides is 1. The van der Waals surface area contributed by atoms with Crippen molar-refractivity contribution in [2.45, 2.75) is 77.9 Å². The zero-order valence-corrected chi connectivity index (χ0v) is 16.2. The second-order valence-corrected chi connectivity index (χ2v) is 9.88. The predicted octanol–water partition coefficient (Wildman–Crippen LogP) is 4.11. The van der Waals surface area contributed by atoms with E-state index in [0.717, 1.165) is 36.5 Å². The number of methoxy groups -OCH3 is 1. The molecule has 24 heavy (non-hydrogen) atoms. The van der Waals surface area contributed by atoms with E-state index >= 15 is 0 Å². The minimum atomic E-state index is 0.326. The molecule has 0 aromatic carbocycles. The van der Waals surface area contributed by atoms with Crippen molar-refractivity contribution in [2.75, 3.05) is 14.2 Å². The fraction of sp³-hybridized carbons (Fsp3) is 0.952. The van der Waals surface area contributed by atoms with Gasteiger partial charge in [-0.25, -0.2) is 0 Å². The van der Waals surface area contributed by atoms with E-state index in [1.165, 1.54) is 32.1 Å². The highest BCUT2D eigenvalue weighted by Crippen LogP contribution is 2.66. The number of rotatable bonds is 1. The van der Waals surface area contributed by atoms with Crippen LogP contribution in [0.15, 0.2) is 0 Å². The van der Waals surface area contributed by atoms with Crippen LogP contribution in [0, 0.1) is 34.5 Å². The van der Waals surface area contributed by atoms with Gasteiger partial charge in [-0.1, -0.05) is 20.8 Å². The van der Waals surface area contributed by atoms with Crippen molar-refractivity contribution in [3.63, 3.8) is 0 Å². The fourth-order valence-electron chi connectivity index (χ4n) is 7.80. The van der Waals surface area contributed by atoms with Crippen LogP contribution in [-0.4, -0.2) is 37.1 Å². The molecule has 3 nitrogen and oxygen atoms in total. The molecular weight excluding hydrogens is 298 g/mol. The first-order chi connectivity index (χ1) is 11.3. The van der Waals surface area contributed by atoms with E-state index in [4.69, 9.17) is 4.74 Å². The lowest BCUT2D eigenvalue weighted by molar-refractivity contribution is -0.170. The molecule has 8 atom stereocenters. The normalized spacial score (nSPS) is 54.2. The first-order valence-corrected chi connectivity index (χ1v) is 10.1. The van der Waals surface area contributed by atoms with Gasteiger partial charge in [0.05, 0.1) is 6.10 Å². The Labute approximate surface area is 147 Å². The van der Waals surface area contributed by atoms with Gasteiger partial charge in [0, 0.05) is 26.6 Å². The third-order valence-corrected chi connectivity index (χ3v) is 9.13. The van der Waals surface area contributed by atoms with Gasteiger partial charge in [0.1, 0.15) is 0 Å². The van der Waals surface area contributed by atoms with Crippen LogP contribution in [0.4, 0.5) is 0 Å². The van der Waals surface area contributed by atoms with E-state index in [1.807, 2.05) is 7.11 Å². The summed E-state index contributed by atoms with van der Waals surface area (Å²) in [5.41, 5.74) is 0.704. The molecule has 0 spiro atoms. The molecule has 4 rings (SSSR count). The number of hydrogen-bond donors (Lipinski definition) is 0. The number of piperidine rings is 1. The molecule has 136 valence electrons. The Balaban J connectivity index is 1.69. The van der Waals surface area contributed by atoms with Crippen molar-refractivity contribution < 1.29 is 9.53 Å². The first-order valence-electron chi connectivity index (χ1n) is 10.1. The molecule has 1 amide bonds. The fourth-order valence-corrected chi connectivity index (χ4v) is 7.80. The summed E-state index contributed by atoms with van der Waals surface area (Å²) in [5, 5.41) is 0. The van der Waals surface area contributed by atoms with Crippen molar-refractivity contribution in [1.82, 2.24) is 4.90 Å². The largest absolute Gasteiger partial charge is 0.381 e. The van der Waals surface area contributed by atoms with Crippen molar-refractivity contribution in [3.05, 3.63) is 0 Å². The van der Waals surface area contributed by atoms with Crippen LogP contribution in [0.5, 0.6) is 0 Å². The summed E-state index contributed by atoms with van der Waals surface area (Å²) in [4.78, 5) is 14.4. The van der Waals surface area contributed by atoms with Gasteiger partial charge < -0.3 is 9.64 Å². The van der Waals surface area contributed by atoms with Crippen molar-refractivity contribution in [1.29, 1.82) is 0 Å². The van der Waals surface area contributed by atoms with Gasteiger partial charge in [-0.2, -0.15) is 0 Å². The van der Waals surface area contributed by atoms with Gasteiger partial charge in [0.15, 0.2) is 0 Å². The Hall–Kier alpha value is -0.570. The summed E-state index contributed by atoms with van der Waals surface area (Å²) in [6, 6.07) is 0.457. The van der Waals surface area contributed by atoms with E-state index in [2.05, 4.69) is 32.7 Å². The maximum absolute atomic E-state index is 12.3. The number of fused-ring (bicyclic) bond motifs is 5. The Kier molecular flexibility index (Phi) is 3.84. The monoisotopic (exact) mass is 333 g/mol. The molecule has 1 aliphatic heterocycles. The van der Waals surface area contributed by atoms with E-state index in [0.29, 0.717) is 28.9 Å². The maximum Gasteiger partial charge on any atom is 0.222 e. The molecule has 3 aliphatic carbocycles. The molecule has 0 aromatic rings. The van der Waals surface area contributed by atoms with Gasteiger partial charge in [0.25, 0.3) is 0 Å². The molecular formula is C21H35NO2. The molecule has 3 saturated carbocycles. The summed E-state index contributed by atoms with van der Waals surface area (Å²) in [7, 11) is 3.97. The summed E-state index contributed by atoms with van der Waals surface area (Å²) >= 11 is 0. The highest BCUT2D eigenvalue weighted by Gasteiger charge is 2.62. The Morgan fingerprint density at radius 2 is 1.79 bits per heavy atom. The van der Waals surface area contributed by atoms with Crippen LogP contribution in [0.2, 0.25) is 0 Å². The zero-order chi connectivity index (χ0) is 17.3. The average molecular weight is 334 g/mol. The van der Waals surface area contributed by atoms with E-state index in [9.17, 15) is 4.79 Å². The molecule has 3 heteroatoms. The molecule has 0 N–H and O–H groups in total. The topological polar surface area (TPSA) is 29.5 Å². The van der Waals surface area contributed by atoms with Crippen LogP contribution in [0.3, 0.4) is 0 Å². The number of carbonyl (C=O) groups is 1. The highest BCUT2D eigenvalue weighted by atomic mass is 16.5. The molecule has 4 fully saturated rings. The summed E-state index contributed by atoms with van der Waals surface area (Å²) < 4.78 is 5.91. The quantitative estimate of drug-likeness (QED) is 0.723. The first kappa shape index (κ1) is 16.9.